The molecule has 0 aliphatic carbocycles. The first-order valence-electron chi connectivity index (χ1n) is 8.35. The molecule has 1 N–H and O–H groups in total. The smallest absolute Gasteiger partial charge is 0.291 e. The fourth-order valence-electron chi connectivity index (χ4n) is 2.83. The minimum atomic E-state index is -3.88. The Labute approximate surface area is 166 Å². The van der Waals surface area contributed by atoms with Crippen molar-refractivity contribution in [2.45, 2.75) is 9.99 Å². The van der Waals surface area contributed by atoms with Crippen molar-refractivity contribution in [3.05, 3.63) is 89.6 Å². The molecule has 0 saturated carbocycles. The molecule has 4 aromatic rings. The molecule has 1 amide bonds. The third-order valence-corrected chi connectivity index (χ3v) is 6.13. The number of nitrogens with one attached hydrogen (secondary N) is 1. The van der Waals surface area contributed by atoms with Crippen LogP contribution >= 0.6 is 11.6 Å². The van der Waals surface area contributed by atoms with E-state index in [2.05, 4.69) is 5.32 Å². The molecular formula is C21H14ClNO4S. The van der Waals surface area contributed by atoms with Gasteiger partial charge in [-0.3, -0.25) is 4.79 Å². The lowest BCUT2D eigenvalue weighted by molar-refractivity contribution is 0.0991. The van der Waals surface area contributed by atoms with E-state index in [0.29, 0.717) is 10.7 Å². The normalized spacial score (nSPS) is 11.5. The second-order valence-electron chi connectivity index (χ2n) is 6.06. The van der Waals surface area contributed by atoms with Gasteiger partial charge in [-0.25, -0.2) is 8.42 Å². The molecule has 5 nitrogen and oxygen atoms in total. The molecule has 0 saturated heterocycles. The maximum Gasteiger partial charge on any atom is 0.291 e. The number of carbonyl (C=O) groups excluding carboxylic acids is 1. The first-order chi connectivity index (χ1) is 13.4. The van der Waals surface area contributed by atoms with Crippen molar-refractivity contribution in [2.24, 2.45) is 0 Å². The van der Waals surface area contributed by atoms with Crippen LogP contribution in [0, 0.1) is 0 Å². The monoisotopic (exact) mass is 411 g/mol. The third-order valence-electron chi connectivity index (χ3n) is 4.23. The third kappa shape index (κ3) is 3.40. The van der Waals surface area contributed by atoms with Gasteiger partial charge in [0, 0.05) is 16.1 Å². The second-order valence-corrected chi connectivity index (χ2v) is 8.37. The highest BCUT2D eigenvalue weighted by atomic mass is 35.5. The average Bonchev–Trinajstić information content (AvgIpc) is 3.20. The molecule has 1 heterocycles. The van der Waals surface area contributed by atoms with Crippen LogP contribution in [0.1, 0.15) is 10.6 Å². The Balaban J connectivity index is 1.62. The van der Waals surface area contributed by atoms with Gasteiger partial charge >= 0.3 is 0 Å². The number of halogens is 1. The summed E-state index contributed by atoms with van der Waals surface area (Å²) in [7, 11) is -3.88. The molecule has 140 valence electrons. The summed E-state index contributed by atoms with van der Waals surface area (Å²) in [6.07, 6.45) is 0. The quantitative estimate of drug-likeness (QED) is 0.502. The lowest BCUT2D eigenvalue weighted by Gasteiger charge is -2.07. The molecule has 3 aromatic carbocycles. The Bertz CT molecular complexity index is 1270. The van der Waals surface area contributed by atoms with Crippen molar-refractivity contribution in [2.75, 3.05) is 5.32 Å². The van der Waals surface area contributed by atoms with Gasteiger partial charge in [-0.15, -0.1) is 0 Å². The van der Waals surface area contributed by atoms with Crippen LogP contribution in [0.5, 0.6) is 0 Å². The molecule has 0 spiro atoms. The van der Waals surface area contributed by atoms with Crippen LogP contribution in [0.3, 0.4) is 0 Å². The van der Waals surface area contributed by atoms with Crippen molar-refractivity contribution < 1.29 is 17.6 Å². The van der Waals surface area contributed by atoms with Gasteiger partial charge in [-0.05, 0) is 47.9 Å². The highest BCUT2D eigenvalue weighted by molar-refractivity contribution is 7.91. The van der Waals surface area contributed by atoms with E-state index in [1.165, 1.54) is 36.4 Å². The highest BCUT2D eigenvalue weighted by Gasteiger charge is 2.23. The van der Waals surface area contributed by atoms with Crippen LogP contribution in [0.2, 0.25) is 5.02 Å². The number of sulfone groups is 1. The number of hydrogen-bond acceptors (Lipinski definition) is 4. The van der Waals surface area contributed by atoms with E-state index in [1.807, 2.05) is 36.4 Å². The average molecular weight is 412 g/mol. The summed E-state index contributed by atoms with van der Waals surface area (Å²) < 4.78 is 30.6. The standard InChI is InChI=1S/C21H14ClNO4S/c22-15-8-10-16(11-9-15)28(25,26)20-13-12-19(27-20)21(24)23-18-7-3-5-14-4-1-2-6-17(14)18/h1-13H,(H,23,24). The van der Waals surface area contributed by atoms with Gasteiger partial charge in [0.25, 0.3) is 5.91 Å². The van der Waals surface area contributed by atoms with E-state index in [9.17, 15) is 13.2 Å². The predicted molar refractivity (Wildman–Crippen MR) is 108 cm³/mol. The molecule has 0 radical (unpaired) electrons. The Hall–Kier alpha value is -3.09. The minimum Gasteiger partial charge on any atom is -0.439 e. The summed E-state index contributed by atoms with van der Waals surface area (Å²) in [6.45, 7) is 0. The zero-order chi connectivity index (χ0) is 19.7. The van der Waals surface area contributed by atoms with Crippen molar-refractivity contribution in [3.8, 4) is 0 Å². The molecule has 0 aliphatic heterocycles. The van der Waals surface area contributed by atoms with Crippen molar-refractivity contribution in [1.82, 2.24) is 0 Å². The topological polar surface area (TPSA) is 76.4 Å². The van der Waals surface area contributed by atoms with Crippen LogP contribution < -0.4 is 5.32 Å². The SMILES string of the molecule is O=C(Nc1cccc2ccccc12)c1ccc(S(=O)(=O)c2ccc(Cl)cc2)o1. The predicted octanol–water partition coefficient (Wildman–Crippen LogP) is 5.17. The summed E-state index contributed by atoms with van der Waals surface area (Å²) in [6, 6.07) is 21.5. The molecular weight excluding hydrogens is 398 g/mol. The first kappa shape index (κ1) is 18.3. The molecule has 0 atom stereocenters. The summed E-state index contributed by atoms with van der Waals surface area (Å²) in [5.41, 5.74) is 0.613. The summed E-state index contributed by atoms with van der Waals surface area (Å²) in [4.78, 5) is 12.6. The number of anilines is 1. The van der Waals surface area contributed by atoms with Gasteiger partial charge in [-0.2, -0.15) is 0 Å². The van der Waals surface area contributed by atoms with Crippen molar-refractivity contribution in [1.29, 1.82) is 0 Å². The number of furan rings is 1. The van der Waals surface area contributed by atoms with E-state index in [0.717, 1.165) is 10.8 Å². The van der Waals surface area contributed by atoms with E-state index in [4.69, 9.17) is 16.0 Å². The van der Waals surface area contributed by atoms with Gasteiger partial charge in [0.05, 0.1) is 4.90 Å². The lowest BCUT2D eigenvalue weighted by atomic mass is 10.1. The molecule has 0 fully saturated rings. The van der Waals surface area contributed by atoms with Gasteiger partial charge in [-0.1, -0.05) is 48.0 Å². The molecule has 28 heavy (non-hydrogen) atoms. The molecule has 0 bridgehead atoms. The highest BCUT2D eigenvalue weighted by Crippen LogP contribution is 2.26. The summed E-state index contributed by atoms with van der Waals surface area (Å²) in [5.74, 6) is -0.630. The molecule has 4 rings (SSSR count). The Morgan fingerprint density at radius 2 is 1.57 bits per heavy atom. The van der Waals surface area contributed by atoms with E-state index in [-0.39, 0.29) is 15.7 Å². The van der Waals surface area contributed by atoms with Gasteiger partial charge in [0.1, 0.15) is 0 Å². The van der Waals surface area contributed by atoms with Crippen LogP contribution in [-0.4, -0.2) is 14.3 Å². The minimum absolute atomic E-state index is 0.0345. The summed E-state index contributed by atoms with van der Waals surface area (Å²) in [5, 5.41) is 4.74. The molecule has 1 aromatic heterocycles. The van der Waals surface area contributed by atoms with Crippen molar-refractivity contribution >= 4 is 43.8 Å². The van der Waals surface area contributed by atoms with Crippen LogP contribution in [0.25, 0.3) is 10.8 Å². The zero-order valence-corrected chi connectivity index (χ0v) is 16.0. The van der Waals surface area contributed by atoms with Crippen LogP contribution in [0.15, 0.2) is 93.3 Å². The van der Waals surface area contributed by atoms with E-state index < -0.39 is 15.7 Å². The molecule has 0 aliphatic rings. The number of rotatable bonds is 4. The van der Waals surface area contributed by atoms with Gasteiger partial charge in [0.2, 0.25) is 14.9 Å². The van der Waals surface area contributed by atoms with E-state index >= 15 is 0 Å². The summed E-state index contributed by atoms with van der Waals surface area (Å²) >= 11 is 5.80. The molecule has 7 heteroatoms. The van der Waals surface area contributed by atoms with Gasteiger partial charge in [0.15, 0.2) is 5.76 Å². The maximum absolute atomic E-state index is 12.6. The first-order valence-corrected chi connectivity index (χ1v) is 10.2. The maximum atomic E-state index is 12.6. The number of hydrogen-bond donors (Lipinski definition) is 1. The molecule has 0 unspecified atom stereocenters. The fraction of sp³-hybridized carbons (Fsp3) is 0. The van der Waals surface area contributed by atoms with Crippen LogP contribution in [-0.2, 0) is 9.84 Å². The largest absolute Gasteiger partial charge is 0.439 e. The second kappa shape index (κ2) is 7.14. The fourth-order valence-corrected chi connectivity index (χ4v) is 4.13. The Kier molecular flexibility index (Phi) is 4.66. The number of carbonyl (C=O) groups is 1. The zero-order valence-electron chi connectivity index (χ0n) is 14.4. The van der Waals surface area contributed by atoms with Gasteiger partial charge < -0.3 is 9.73 Å². The number of amides is 1. The van der Waals surface area contributed by atoms with E-state index in [1.54, 1.807) is 6.07 Å². The Morgan fingerprint density at radius 3 is 2.36 bits per heavy atom. The number of benzene rings is 3. The van der Waals surface area contributed by atoms with Crippen LogP contribution in [0.4, 0.5) is 5.69 Å². The lowest BCUT2D eigenvalue weighted by Crippen LogP contribution is -2.11. The Morgan fingerprint density at radius 1 is 0.857 bits per heavy atom. The number of fused-ring (bicyclic) bond motifs is 1. The van der Waals surface area contributed by atoms with Crippen molar-refractivity contribution in [3.63, 3.8) is 0 Å².